The molecule has 0 saturated carbocycles. The van der Waals surface area contributed by atoms with E-state index in [1.807, 2.05) is 43.9 Å². The van der Waals surface area contributed by atoms with Gasteiger partial charge in [-0.25, -0.2) is 0 Å². The number of rotatable bonds is 3. The van der Waals surface area contributed by atoms with Crippen LogP contribution in [0.4, 0.5) is 5.69 Å². The van der Waals surface area contributed by atoms with Crippen LogP contribution in [0.1, 0.15) is 44.5 Å². The predicted octanol–water partition coefficient (Wildman–Crippen LogP) is 2.89. The lowest BCUT2D eigenvalue weighted by atomic mass is 9.96. The number of aromatic nitrogens is 2. The molecule has 5 nitrogen and oxygen atoms in total. The quantitative estimate of drug-likeness (QED) is 0.874. The number of benzene rings is 1. The molecule has 1 aliphatic rings. The van der Waals surface area contributed by atoms with Gasteiger partial charge in [-0.15, -0.1) is 0 Å². The maximum absolute atomic E-state index is 12.4. The minimum Gasteiger partial charge on any atom is -0.339 e. The molecule has 1 amide bonds. The molecule has 1 aliphatic heterocycles. The largest absolute Gasteiger partial charge is 0.339 e. The number of hydrogen-bond donors (Lipinski definition) is 0. The summed E-state index contributed by atoms with van der Waals surface area (Å²) in [6.45, 7) is 6.87. The summed E-state index contributed by atoms with van der Waals surface area (Å²) in [7, 11) is 0. The monoisotopic (exact) mass is 299 g/mol. The summed E-state index contributed by atoms with van der Waals surface area (Å²) in [5.74, 6) is 1.33. The van der Waals surface area contributed by atoms with E-state index in [9.17, 15) is 4.79 Å². The van der Waals surface area contributed by atoms with E-state index in [4.69, 9.17) is 4.52 Å². The van der Waals surface area contributed by atoms with E-state index in [0.717, 1.165) is 18.7 Å². The Balaban J connectivity index is 1.63. The second-order valence-electron chi connectivity index (χ2n) is 6.69. The van der Waals surface area contributed by atoms with Crippen molar-refractivity contribution in [1.29, 1.82) is 0 Å². The highest BCUT2D eigenvalue weighted by atomic mass is 16.5. The van der Waals surface area contributed by atoms with Gasteiger partial charge in [0.05, 0.1) is 0 Å². The van der Waals surface area contributed by atoms with E-state index < -0.39 is 0 Å². The number of fused-ring (bicyclic) bond motifs is 1. The molecule has 0 N–H and O–H groups in total. The van der Waals surface area contributed by atoms with Gasteiger partial charge in [-0.05, 0) is 18.1 Å². The zero-order chi connectivity index (χ0) is 15.7. The number of aryl methyl sites for hydroxylation is 1. The van der Waals surface area contributed by atoms with Gasteiger partial charge in [0.2, 0.25) is 11.8 Å². The highest BCUT2D eigenvalue weighted by Crippen LogP contribution is 2.28. The summed E-state index contributed by atoms with van der Waals surface area (Å²) in [6.07, 6.45) is 1.80. The molecule has 3 rings (SSSR count). The number of carbonyl (C=O) groups excluding carboxylic acids is 1. The Morgan fingerprint density at radius 3 is 2.82 bits per heavy atom. The van der Waals surface area contributed by atoms with Gasteiger partial charge in [0.25, 0.3) is 0 Å². The number of para-hydroxylation sites is 1. The first-order chi connectivity index (χ1) is 10.4. The molecule has 116 valence electrons. The van der Waals surface area contributed by atoms with Crippen molar-refractivity contribution in [3.63, 3.8) is 0 Å². The van der Waals surface area contributed by atoms with Crippen molar-refractivity contribution in [2.45, 2.75) is 45.4 Å². The Kier molecular flexibility index (Phi) is 3.72. The van der Waals surface area contributed by atoms with Crippen molar-refractivity contribution < 1.29 is 9.32 Å². The second-order valence-corrected chi connectivity index (χ2v) is 6.69. The van der Waals surface area contributed by atoms with Crippen LogP contribution in [0.5, 0.6) is 0 Å². The molecule has 1 aromatic heterocycles. The van der Waals surface area contributed by atoms with Crippen molar-refractivity contribution in [3.05, 3.63) is 41.5 Å². The van der Waals surface area contributed by atoms with Gasteiger partial charge in [0, 0.05) is 30.5 Å². The summed E-state index contributed by atoms with van der Waals surface area (Å²) in [5.41, 5.74) is 2.14. The predicted molar refractivity (Wildman–Crippen MR) is 83.8 cm³/mol. The topological polar surface area (TPSA) is 59.2 Å². The van der Waals surface area contributed by atoms with Gasteiger partial charge < -0.3 is 9.42 Å². The summed E-state index contributed by atoms with van der Waals surface area (Å²) in [4.78, 5) is 18.7. The third-order valence-electron chi connectivity index (χ3n) is 3.88. The first-order valence-corrected chi connectivity index (χ1v) is 7.66. The highest BCUT2D eigenvalue weighted by Gasteiger charge is 2.25. The standard InChI is InChI=1S/C17H21N3O2/c1-17(2,3)16-18-14(22-19-16)8-9-15(21)20-11-10-12-6-4-5-7-13(12)20/h4-7H,8-11H2,1-3H3. The molecule has 0 radical (unpaired) electrons. The van der Waals surface area contributed by atoms with E-state index in [-0.39, 0.29) is 11.3 Å². The maximum Gasteiger partial charge on any atom is 0.227 e. The van der Waals surface area contributed by atoms with Gasteiger partial charge in [0.1, 0.15) is 0 Å². The van der Waals surface area contributed by atoms with Crippen LogP contribution in [-0.4, -0.2) is 22.6 Å². The Morgan fingerprint density at radius 1 is 1.32 bits per heavy atom. The summed E-state index contributed by atoms with van der Waals surface area (Å²) >= 11 is 0. The lowest BCUT2D eigenvalue weighted by Crippen LogP contribution is -2.29. The van der Waals surface area contributed by atoms with Crippen molar-refractivity contribution in [2.24, 2.45) is 0 Å². The van der Waals surface area contributed by atoms with E-state index in [1.54, 1.807) is 0 Å². The molecule has 0 spiro atoms. The van der Waals surface area contributed by atoms with E-state index >= 15 is 0 Å². The Hall–Kier alpha value is -2.17. The number of anilines is 1. The molecule has 2 heterocycles. The van der Waals surface area contributed by atoms with Crippen LogP contribution in [-0.2, 0) is 23.1 Å². The maximum atomic E-state index is 12.4. The van der Waals surface area contributed by atoms with Gasteiger partial charge >= 0.3 is 0 Å². The van der Waals surface area contributed by atoms with Crippen molar-refractivity contribution >= 4 is 11.6 Å². The van der Waals surface area contributed by atoms with Crippen LogP contribution in [0.15, 0.2) is 28.8 Å². The average molecular weight is 299 g/mol. The van der Waals surface area contributed by atoms with Crippen LogP contribution < -0.4 is 4.90 Å². The lowest BCUT2D eigenvalue weighted by molar-refractivity contribution is -0.118. The number of hydrogen-bond acceptors (Lipinski definition) is 4. The average Bonchev–Trinajstić information content (AvgIpc) is 3.11. The fourth-order valence-electron chi connectivity index (χ4n) is 2.61. The number of amides is 1. The van der Waals surface area contributed by atoms with Gasteiger partial charge in [-0.1, -0.05) is 44.1 Å². The van der Waals surface area contributed by atoms with E-state index in [2.05, 4.69) is 16.2 Å². The van der Waals surface area contributed by atoms with E-state index in [1.165, 1.54) is 5.56 Å². The fourth-order valence-corrected chi connectivity index (χ4v) is 2.61. The van der Waals surface area contributed by atoms with Crippen LogP contribution in [0, 0.1) is 0 Å². The van der Waals surface area contributed by atoms with Gasteiger partial charge in [-0.3, -0.25) is 4.79 Å². The SMILES string of the molecule is CC(C)(C)c1noc(CCC(=O)N2CCc3ccccc32)n1. The van der Waals surface area contributed by atoms with Crippen LogP contribution in [0.2, 0.25) is 0 Å². The zero-order valence-electron chi connectivity index (χ0n) is 13.3. The normalized spacial score (nSPS) is 14.2. The summed E-state index contributed by atoms with van der Waals surface area (Å²) in [6, 6.07) is 8.07. The summed E-state index contributed by atoms with van der Waals surface area (Å²) < 4.78 is 5.24. The van der Waals surface area contributed by atoms with Gasteiger partial charge in [-0.2, -0.15) is 4.98 Å². The molecule has 1 aromatic carbocycles. The van der Waals surface area contributed by atoms with E-state index in [0.29, 0.717) is 24.6 Å². The smallest absolute Gasteiger partial charge is 0.227 e. The summed E-state index contributed by atoms with van der Waals surface area (Å²) in [5, 5.41) is 3.99. The third-order valence-corrected chi connectivity index (χ3v) is 3.88. The molecule has 2 aromatic rings. The van der Waals surface area contributed by atoms with Crippen LogP contribution in [0.25, 0.3) is 0 Å². The fraction of sp³-hybridized carbons (Fsp3) is 0.471. The number of carbonyl (C=O) groups is 1. The molecular weight excluding hydrogens is 278 g/mol. The molecule has 0 fully saturated rings. The molecule has 22 heavy (non-hydrogen) atoms. The molecule has 0 atom stereocenters. The molecule has 0 bridgehead atoms. The molecule has 0 saturated heterocycles. The van der Waals surface area contributed by atoms with Crippen LogP contribution in [0.3, 0.4) is 0 Å². The van der Waals surface area contributed by atoms with Crippen molar-refractivity contribution in [2.75, 3.05) is 11.4 Å². The second kappa shape index (κ2) is 5.55. The number of nitrogens with zero attached hydrogens (tertiary/aromatic N) is 3. The highest BCUT2D eigenvalue weighted by molar-refractivity contribution is 5.95. The Morgan fingerprint density at radius 2 is 2.09 bits per heavy atom. The first-order valence-electron chi connectivity index (χ1n) is 7.66. The zero-order valence-corrected chi connectivity index (χ0v) is 13.3. The molecule has 5 heteroatoms. The van der Waals surface area contributed by atoms with Crippen molar-refractivity contribution in [1.82, 2.24) is 10.1 Å². The minimum atomic E-state index is -0.139. The first kappa shape index (κ1) is 14.8. The molecule has 0 aliphatic carbocycles. The Labute approximate surface area is 130 Å². The molecule has 0 unspecified atom stereocenters. The van der Waals surface area contributed by atoms with Gasteiger partial charge in [0.15, 0.2) is 5.82 Å². The Bertz CT molecular complexity index is 685. The minimum absolute atomic E-state index is 0.112. The van der Waals surface area contributed by atoms with Crippen LogP contribution >= 0.6 is 0 Å². The van der Waals surface area contributed by atoms with Crippen molar-refractivity contribution in [3.8, 4) is 0 Å². The lowest BCUT2D eigenvalue weighted by Gasteiger charge is -2.16. The third kappa shape index (κ3) is 2.89. The molecular formula is C17H21N3O2.